The van der Waals surface area contributed by atoms with E-state index in [0.717, 1.165) is 0 Å². The predicted octanol–water partition coefficient (Wildman–Crippen LogP) is 4.80. The Morgan fingerprint density at radius 1 is 1.17 bits per heavy atom. The normalized spacial score (nSPS) is 10.8. The number of benzene rings is 1. The zero-order chi connectivity index (χ0) is 9.30. The summed E-state index contributed by atoms with van der Waals surface area (Å²) in [6.07, 6.45) is -2.51. The Hall–Kier alpha value is 0.330. The average molecular weight is 320 g/mol. The molecule has 1 aromatic rings. The van der Waals surface area contributed by atoms with Crippen molar-refractivity contribution in [2.45, 2.75) is 6.43 Å². The minimum atomic E-state index is -2.51. The Bertz CT molecular complexity index is 278. The van der Waals surface area contributed by atoms with E-state index in [1.807, 2.05) is 0 Å². The number of hydrogen-bond donors (Lipinski definition) is 0. The van der Waals surface area contributed by atoms with E-state index < -0.39 is 6.43 Å². The fourth-order valence-electron chi connectivity index (χ4n) is 0.762. The van der Waals surface area contributed by atoms with Crippen LogP contribution in [0.4, 0.5) is 8.78 Å². The van der Waals surface area contributed by atoms with Gasteiger partial charge in [0.25, 0.3) is 6.43 Å². The first kappa shape index (κ1) is 10.4. The van der Waals surface area contributed by atoms with Crippen LogP contribution in [0.25, 0.3) is 0 Å². The standard InChI is InChI=1S/C7H3Br2ClF2/c8-4-1-3(10)2-5(9)6(4)7(11)12/h1-2,7H. The summed E-state index contributed by atoms with van der Waals surface area (Å²) in [5.41, 5.74) is -0.0700. The molecular formula is C7H3Br2ClF2. The maximum Gasteiger partial charge on any atom is 0.266 e. The molecule has 0 unspecified atom stereocenters. The molecule has 0 fully saturated rings. The molecule has 0 atom stereocenters. The Morgan fingerprint density at radius 2 is 1.58 bits per heavy atom. The second-order valence-corrected chi connectivity index (χ2v) is 4.23. The highest BCUT2D eigenvalue weighted by Gasteiger charge is 2.15. The molecule has 1 aromatic carbocycles. The average Bonchev–Trinajstić information content (AvgIpc) is 1.82. The van der Waals surface area contributed by atoms with Gasteiger partial charge >= 0.3 is 0 Å². The molecule has 0 saturated carbocycles. The Balaban J connectivity index is 3.28. The van der Waals surface area contributed by atoms with Gasteiger partial charge in [0.15, 0.2) is 0 Å². The minimum Gasteiger partial charge on any atom is -0.205 e. The molecule has 0 spiro atoms. The zero-order valence-electron chi connectivity index (χ0n) is 5.62. The second kappa shape index (κ2) is 4.03. The molecular weight excluding hydrogens is 317 g/mol. The van der Waals surface area contributed by atoms with Crippen LogP contribution in [0.2, 0.25) is 5.02 Å². The van der Waals surface area contributed by atoms with Crippen molar-refractivity contribution in [1.82, 2.24) is 0 Å². The van der Waals surface area contributed by atoms with Gasteiger partial charge in [-0.25, -0.2) is 8.78 Å². The molecule has 0 aliphatic carbocycles. The van der Waals surface area contributed by atoms with Crippen molar-refractivity contribution in [2.24, 2.45) is 0 Å². The lowest BCUT2D eigenvalue weighted by Crippen LogP contribution is -1.88. The van der Waals surface area contributed by atoms with Crippen molar-refractivity contribution in [2.75, 3.05) is 0 Å². The van der Waals surface area contributed by atoms with Crippen LogP contribution in [0.5, 0.6) is 0 Å². The van der Waals surface area contributed by atoms with Crippen molar-refractivity contribution in [3.05, 3.63) is 31.7 Å². The SMILES string of the molecule is FC(F)c1c(Br)cc(Cl)cc1Br. The van der Waals surface area contributed by atoms with Crippen LogP contribution in [0.15, 0.2) is 21.1 Å². The number of rotatable bonds is 1. The quantitative estimate of drug-likeness (QED) is 0.697. The summed E-state index contributed by atoms with van der Waals surface area (Å²) >= 11 is 11.6. The molecule has 0 radical (unpaired) electrons. The monoisotopic (exact) mass is 318 g/mol. The maximum atomic E-state index is 12.3. The van der Waals surface area contributed by atoms with E-state index in [4.69, 9.17) is 11.6 Å². The molecule has 0 saturated heterocycles. The molecule has 0 bridgehead atoms. The van der Waals surface area contributed by atoms with Crippen LogP contribution in [-0.2, 0) is 0 Å². The molecule has 0 N–H and O–H groups in total. The molecule has 0 aromatic heterocycles. The lowest BCUT2D eigenvalue weighted by molar-refractivity contribution is 0.149. The molecule has 0 aliphatic rings. The first-order valence-electron chi connectivity index (χ1n) is 2.95. The Kier molecular flexibility index (Phi) is 3.49. The van der Waals surface area contributed by atoms with Gasteiger partial charge in [0, 0.05) is 19.5 Å². The molecule has 0 nitrogen and oxygen atoms in total. The van der Waals surface area contributed by atoms with E-state index >= 15 is 0 Å². The third-order valence-electron chi connectivity index (χ3n) is 1.26. The number of hydrogen-bond acceptors (Lipinski definition) is 0. The molecule has 0 heterocycles. The zero-order valence-corrected chi connectivity index (χ0v) is 9.55. The van der Waals surface area contributed by atoms with Gasteiger partial charge in [-0.05, 0) is 12.1 Å². The van der Waals surface area contributed by atoms with Crippen LogP contribution >= 0.6 is 43.5 Å². The summed E-state index contributed by atoms with van der Waals surface area (Å²) in [6.45, 7) is 0. The number of halogens is 5. The van der Waals surface area contributed by atoms with Gasteiger partial charge in [0.05, 0.1) is 0 Å². The van der Waals surface area contributed by atoms with Crippen LogP contribution in [-0.4, -0.2) is 0 Å². The van der Waals surface area contributed by atoms with Gasteiger partial charge in [-0.15, -0.1) is 0 Å². The molecule has 1 rings (SSSR count). The highest BCUT2D eigenvalue weighted by molar-refractivity contribution is 9.11. The highest BCUT2D eigenvalue weighted by atomic mass is 79.9. The Morgan fingerprint density at radius 3 is 1.92 bits per heavy atom. The summed E-state index contributed by atoms with van der Waals surface area (Å²) in [7, 11) is 0. The van der Waals surface area contributed by atoms with Gasteiger partial charge in [-0.3, -0.25) is 0 Å². The lowest BCUT2D eigenvalue weighted by atomic mass is 10.2. The molecule has 5 heteroatoms. The third-order valence-corrected chi connectivity index (χ3v) is 2.79. The van der Waals surface area contributed by atoms with Gasteiger partial charge in [0.2, 0.25) is 0 Å². The van der Waals surface area contributed by atoms with Gasteiger partial charge in [-0.2, -0.15) is 0 Å². The van der Waals surface area contributed by atoms with Crippen LogP contribution in [0, 0.1) is 0 Å². The summed E-state index contributed by atoms with van der Waals surface area (Å²) < 4.78 is 25.3. The minimum absolute atomic E-state index is 0.0700. The van der Waals surface area contributed by atoms with E-state index in [2.05, 4.69) is 31.9 Å². The van der Waals surface area contributed by atoms with E-state index in [9.17, 15) is 8.78 Å². The van der Waals surface area contributed by atoms with Gasteiger partial charge in [-0.1, -0.05) is 43.5 Å². The topological polar surface area (TPSA) is 0 Å². The predicted molar refractivity (Wildman–Crippen MR) is 51.8 cm³/mol. The second-order valence-electron chi connectivity index (χ2n) is 2.08. The summed E-state index contributed by atoms with van der Waals surface area (Å²) in [5, 5.41) is 0.415. The van der Waals surface area contributed by atoms with Gasteiger partial charge < -0.3 is 0 Å². The van der Waals surface area contributed by atoms with Gasteiger partial charge in [0.1, 0.15) is 0 Å². The van der Waals surface area contributed by atoms with Crippen molar-refractivity contribution >= 4 is 43.5 Å². The van der Waals surface area contributed by atoms with Crippen LogP contribution in [0.1, 0.15) is 12.0 Å². The van der Waals surface area contributed by atoms with Crippen molar-refractivity contribution in [1.29, 1.82) is 0 Å². The van der Waals surface area contributed by atoms with E-state index in [-0.39, 0.29) is 5.56 Å². The first-order chi connectivity index (χ1) is 5.52. The van der Waals surface area contributed by atoms with E-state index in [0.29, 0.717) is 14.0 Å². The summed E-state index contributed by atoms with van der Waals surface area (Å²) in [4.78, 5) is 0. The third kappa shape index (κ3) is 2.18. The van der Waals surface area contributed by atoms with Crippen molar-refractivity contribution in [3.8, 4) is 0 Å². The maximum absolute atomic E-state index is 12.3. The fraction of sp³-hybridized carbons (Fsp3) is 0.143. The first-order valence-corrected chi connectivity index (χ1v) is 4.91. The largest absolute Gasteiger partial charge is 0.266 e. The highest BCUT2D eigenvalue weighted by Crippen LogP contribution is 2.36. The van der Waals surface area contributed by atoms with Crippen molar-refractivity contribution in [3.63, 3.8) is 0 Å². The molecule has 0 amide bonds. The molecule has 0 aliphatic heterocycles. The van der Waals surface area contributed by atoms with E-state index in [1.54, 1.807) is 0 Å². The van der Waals surface area contributed by atoms with Crippen molar-refractivity contribution < 1.29 is 8.78 Å². The molecule has 66 valence electrons. The fourth-order valence-corrected chi connectivity index (χ4v) is 2.78. The van der Waals surface area contributed by atoms with Crippen LogP contribution < -0.4 is 0 Å². The Labute approximate surface area is 90.2 Å². The smallest absolute Gasteiger partial charge is 0.205 e. The molecule has 12 heavy (non-hydrogen) atoms. The van der Waals surface area contributed by atoms with E-state index in [1.165, 1.54) is 12.1 Å². The summed E-state index contributed by atoms with van der Waals surface area (Å²) in [6, 6.07) is 2.88. The summed E-state index contributed by atoms with van der Waals surface area (Å²) in [5.74, 6) is 0. The lowest BCUT2D eigenvalue weighted by Gasteiger charge is -2.06. The number of alkyl halides is 2. The van der Waals surface area contributed by atoms with Crippen LogP contribution in [0.3, 0.4) is 0 Å².